The number of aromatic nitrogens is 2. The number of hydrogen-bond acceptors (Lipinski definition) is 6. The molecular formula is C12H16N4OS. The number of aryl methyl sites for hydroxylation is 1. The molecule has 3 rings (SSSR count). The quantitative estimate of drug-likeness (QED) is 0.817. The van der Waals surface area contributed by atoms with E-state index in [-0.39, 0.29) is 6.10 Å². The first-order chi connectivity index (χ1) is 8.63. The number of aliphatic hydroxyl groups excluding tert-OH is 1. The van der Waals surface area contributed by atoms with E-state index < -0.39 is 0 Å². The molecule has 0 saturated carbocycles. The summed E-state index contributed by atoms with van der Waals surface area (Å²) in [6.45, 7) is 3.59. The van der Waals surface area contributed by atoms with E-state index in [0.717, 1.165) is 35.4 Å². The van der Waals surface area contributed by atoms with Gasteiger partial charge >= 0.3 is 0 Å². The van der Waals surface area contributed by atoms with E-state index in [9.17, 15) is 5.11 Å². The van der Waals surface area contributed by atoms with Gasteiger partial charge in [0.15, 0.2) is 0 Å². The summed E-state index contributed by atoms with van der Waals surface area (Å²) in [7, 11) is 0. The Balaban J connectivity index is 2.09. The van der Waals surface area contributed by atoms with Crippen LogP contribution in [0.5, 0.6) is 0 Å². The highest BCUT2D eigenvalue weighted by atomic mass is 32.1. The molecule has 0 amide bonds. The van der Waals surface area contributed by atoms with Gasteiger partial charge < -0.3 is 15.7 Å². The number of nitrogens with zero attached hydrogens (tertiary/aromatic N) is 3. The van der Waals surface area contributed by atoms with Crippen molar-refractivity contribution in [1.82, 2.24) is 9.97 Å². The molecule has 1 aliphatic heterocycles. The van der Waals surface area contributed by atoms with E-state index in [2.05, 4.69) is 27.9 Å². The van der Waals surface area contributed by atoms with Crippen LogP contribution in [0.2, 0.25) is 0 Å². The first kappa shape index (κ1) is 11.7. The summed E-state index contributed by atoms with van der Waals surface area (Å²) in [5.41, 5.74) is 5.77. The molecule has 0 aromatic carbocycles. The third kappa shape index (κ3) is 2.02. The number of nitrogens with two attached hydrogens (primary N) is 1. The summed E-state index contributed by atoms with van der Waals surface area (Å²) >= 11 is 1.62. The molecule has 0 spiro atoms. The Morgan fingerprint density at radius 2 is 2.33 bits per heavy atom. The van der Waals surface area contributed by atoms with Crippen molar-refractivity contribution in [3.63, 3.8) is 0 Å². The molecule has 0 aliphatic carbocycles. The molecule has 3 N–H and O–H groups in total. The number of rotatable bonds is 1. The minimum atomic E-state index is -0.273. The Bertz CT molecular complexity index is 583. The SMILES string of the molecule is Cc1cc2c(N3CCCC(O)C3)nc(N)nc2s1. The van der Waals surface area contributed by atoms with Gasteiger partial charge in [-0.2, -0.15) is 4.98 Å². The first-order valence-corrected chi connectivity index (χ1v) is 6.92. The minimum Gasteiger partial charge on any atom is -0.391 e. The zero-order chi connectivity index (χ0) is 12.7. The Kier molecular flexibility index (Phi) is 2.83. The smallest absolute Gasteiger partial charge is 0.223 e. The number of anilines is 2. The summed E-state index contributed by atoms with van der Waals surface area (Å²) in [4.78, 5) is 12.9. The molecule has 1 saturated heterocycles. The van der Waals surface area contributed by atoms with Crippen LogP contribution in [0.25, 0.3) is 10.2 Å². The average molecular weight is 264 g/mol. The van der Waals surface area contributed by atoms with Crippen LogP contribution in [0, 0.1) is 6.92 Å². The zero-order valence-electron chi connectivity index (χ0n) is 10.3. The monoisotopic (exact) mass is 264 g/mol. The van der Waals surface area contributed by atoms with Crippen LogP contribution in [0.3, 0.4) is 0 Å². The molecule has 18 heavy (non-hydrogen) atoms. The van der Waals surface area contributed by atoms with Crippen molar-refractivity contribution in [3.05, 3.63) is 10.9 Å². The van der Waals surface area contributed by atoms with Crippen molar-refractivity contribution < 1.29 is 5.11 Å². The highest BCUT2D eigenvalue weighted by molar-refractivity contribution is 7.18. The molecule has 1 unspecified atom stereocenters. The van der Waals surface area contributed by atoms with Gasteiger partial charge in [-0.25, -0.2) is 4.98 Å². The van der Waals surface area contributed by atoms with Gasteiger partial charge in [0.2, 0.25) is 5.95 Å². The second-order valence-corrected chi connectivity index (χ2v) is 5.96. The van der Waals surface area contributed by atoms with Gasteiger partial charge in [-0.3, -0.25) is 0 Å². The molecule has 1 atom stereocenters. The lowest BCUT2D eigenvalue weighted by Gasteiger charge is -2.31. The van der Waals surface area contributed by atoms with Crippen molar-refractivity contribution in [3.8, 4) is 0 Å². The molecule has 96 valence electrons. The van der Waals surface area contributed by atoms with Gasteiger partial charge in [0.1, 0.15) is 10.6 Å². The third-order valence-corrected chi connectivity index (χ3v) is 4.15. The van der Waals surface area contributed by atoms with Gasteiger partial charge in [0, 0.05) is 18.0 Å². The molecule has 2 aromatic rings. The molecule has 1 fully saturated rings. The van der Waals surface area contributed by atoms with Gasteiger partial charge in [-0.15, -0.1) is 11.3 Å². The number of β-amino-alcohol motifs (C(OH)–C–C–N with tert-alkyl or cyclic N) is 1. The lowest BCUT2D eigenvalue weighted by atomic mass is 10.1. The lowest BCUT2D eigenvalue weighted by molar-refractivity contribution is 0.154. The van der Waals surface area contributed by atoms with Gasteiger partial charge in [-0.1, -0.05) is 0 Å². The fourth-order valence-electron chi connectivity index (χ4n) is 2.43. The summed E-state index contributed by atoms with van der Waals surface area (Å²) < 4.78 is 0. The number of thiophene rings is 1. The van der Waals surface area contributed by atoms with Crippen LogP contribution in [-0.2, 0) is 0 Å². The average Bonchev–Trinajstić information content (AvgIpc) is 2.68. The van der Waals surface area contributed by atoms with Crippen molar-refractivity contribution in [2.45, 2.75) is 25.9 Å². The van der Waals surface area contributed by atoms with Crippen molar-refractivity contribution in [2.75, 3.05) is 23.7 Å². The van der Waals surface area contributed by atoms with Gasteiger partial charge in [-0.05, 0) is 25.8 Å². The van der Waals surface area contributed by atoms with Crippen LogP contribution < -0.4 is 10.6 Å². The maximum atomic E-state index is 9.77. The highest BCUT2D eigenvalue weighted by Gasteiger charge is 2.22. The second kappa shape index (κ2) is 4.37. The molecule has 1 aliphatic rings. The van der Waals surface area contributed by atoms with Crippen LogP contribution in [0.1, 0.15) is 17.7 Å². The van der Waals surface area contributed by atoms with Crippen molar-refractivity contribution >= 4 is 33.3 Å². The first-order valence-electron chi connectivity index (χ1n) is 6.10. The van der Waals surface area contributed by atoms with E-state index in [1.54, 1.807) is 11.3 Å². The summed E-state index contributed by atoms with van der Waals surface area (Å²) in [5, 5.41) is 10.8. The summed E-state index contributed by atoms with van der Waals surface area (Å²) in [5.74, 6) is 1.17. The predicted molar refractivity (Wildman–Crippen MR) is 74.0 cm³/mol. The standard InChI is InChI=1S/C12H16N4OS/c1-7-5-9-10(14-12(13)15-11(9)18-7)16-4-2-3-8(17)6-16/h5,8,17H,2-4,6H2,1H3,(H2,13,14,15). The van der Waals surface area contributed by atoms with Crippen LogP contribution in [-0.4, -0.2) is 34.3 Å². The maximum absolute atomic E-state index is 9.77. The number of aliphatic hydroxyl groups is 1. The predicted octanol–water partition coefficient (Wildman–Crippen LogP) is 1.54. The summed E-state index contributed by atoms with van der Waals surface area (Å²) in [6, 6.07) is 2.09. The van der Waals surface area contributed by atoms with Crippen molar-refractivity contribution in [2.24, 2.45) is 0 Å². The summed E-state index contributed by atoms with van der Waals surface area (Å²) in [6.07, 6.45) is 1.57. The normalized spacial score (nSPS) is 20.6. The molecule has 0 radical (unpaired) electrons. The van der Waals surface area contributed by atoms with Crippen molar-refractivity contribution in [1.29, 1.82) is 0 Å². The highest BCUT2D eigenvalue weighted by Crippen LogP contribution is 2.32. The van der Waals surface area contributed by atoms with Crippen LogP contribution in [0.15, 0.2) is 6.07 Å². The Morgan fingerprint density at radius 1 is 1.50 bits per heavy atom. The van der Waals surface area contributed by atoms with Gasteiger partial charge in [0.05, 0.1) is 11.5 Å². The molecule has 0 bridgehead atoms. The second-order valence-electron chi connectivity index (χ2n) is 4.72. The number of piperidine rings is 1. The molecule has 5 nitrogen and oxygen atoms in total. The fourth-order valence-corrected chi connectivity index (χ4v) is 3.31. The van der Waals surface area contributed by atoms with E-state index in [0.29, 0.717) is 12.5 Å². The fraction of sp³-hybridized carbons (Fsp3) is 0.500. The zero-order valence-corrected chi connectivity index (χ0v) is 11.1. The van der Waals surface area contributed by atoms with E-state index in [4.69, 9.17) is 5.73 Å². The minimum absolute atomic E-state index is 0.273. The number of nitrogen functional groups attached to an aromatic ring is 1. The third-order valence-electron chi connectivity index (χ3n) is 3.21. The number of fused-ring (bicyclic) bond motifs is 1. The van der Waals surface area contributed by atoms with Gasteiger partial charge in [0.25, 0.3) is 0 Å². The van der Waals surface area contributed by atoms with E-state index >= 15 is 0 Å². The van der Waals surface area contributed by atoms with Crippen LogP contribution >= 0.6 is 11.3 Å². The molecule has 6 heteroatoms. The maximum Gasteiger partial charge on any atom is 0.223 e. The molecule has 2 aromatic heterocycles. The van der Waals surface area contributed by atoms with E-state index in [1.165, 1.54) is 4.88 Å². The van der Waals surface area contributed by atoms with Crippen LogP contribution in [0.4, 0.5) is 11.8 Å². The lowest BCUT2D eigenvalue weighted by Crippen LogP contribution is -2.38. The Labute approximate surface area is 109 Å². The largest absolute Gasteiger partial charge is 0.391 e. The Hall–Kier alpha value is -1.40. The Morgan fingerprint density at radius 3 is 3.11 bits per heavy atom. The topological polar surface area (TPSA) is 75.3 Å². The van der Waals surface area contributed by atoms with E-state index in [1.807, 2.05) is 0 Å². The molecular weight excluding hydrogens is 248 g/mol. The molecule has 3 heterocycles. The number of hydrogen-bond donors (Lipinski definition) is 2.